The number of sulfone groups is 1. The van der Waals surface area contributed by atoms with E-state index in [-0.39, 0.29) is 18.3 Å². The molecule has 1 aliphatic rings. The van der Waals surface area contributed by atoms with Gasteiger partial charge in [-0.3, -0.25) is 5.10 Å². The van der Waals surface area contributed by atoms with Crippen molar-refractivity contribution in [2.24, 2.45) is 5.41 Å². The summed E-state index contributed by atoms with van der Waals surface area (Å²) in [6.07, 6.45) is 7.28. The zero-order valence-corrected chi connectivity index (χ0v) is 16.2. The summed E-state index contributed by atoms with van der Waals surface area (Å²) in [4.78, 5) is 8.53. The van der Waals surface area contributed by atoms with Crippen LogP contribution in [0.5, 0.6) is 0 Å². The van der Waals surface area contributed by atoms with Gasteiger partial charge in [0, 0.05) is 25.3 Å². The molecule has 142 valence electrons. The van der Waals surface area contributed by atoms with E-state index in [0.717, 1.165) is 5.69 Å². The Morgan fingerprint density at radius 3 is 2.81 bits per heavy atom. The minimum Gasteiger partial charge on any atom is -0.323 e. The number of aromatic amines is 1. The molecule has 0 aliphatic heterocycles. The minimum atomic E-state index is -3.14. The van der Waals surface area contributed by atoms with E-state index >= 15 is 0 Å². The van der Waals surface area contributed by atoms with Gasteiger partial charge in [-0.05, 0) is 30.4 Å². The molecule has 0 amide bonds. The van der Waals surface area contributed by atoms with Crippen molar-refractivity contribution in [1.82, 2.24) is 20.2 Å². The lowest BCUT2D eigenvalue weighted by Crippen LogP contribution is -2.22. The first-order chi connectivity index (χ1) is 12.2. The van der Waals surface area contributed by atoms with Gasteiger partial charge in [-0.15, -0.1) is 0 Å². The fourth-order valence-electron chi connectivity index (χ4n) is 2.68. The Morgan fingerprint density at radius 2 is 2.12 bits per heavy atom. The average molecular weight is 378 g/mol. The molecule has 3 rings (SSSR count). The fourth-order valence-corrected chi connectivity index (χ4v) is 4.50. The Kier molecular flexibility index (Phi) is 5.13. The van der Waals surface area contributed by atoms with E-state index in [4.69, 9.17) is 0 Å². The molecule has 0 atom stereocenters. The Bertz CT molecular complexity index is 898. The number of rotatable bonds is 7. The molecular formula is C18H27N5O2S. The largest absolute Gasteiger partial charge is 0.323 e. The van der Waals surface area contributed by atoms with Crippen molar-refractivity contribution in [3.63, 3.8) is 0 Å². The van der Waals surface area contributed by atoms with E-state index in [1.54, 1.807) is 24.4 Å². The van der Waals surface area contributed by atoms with Crippen LogP contribution in [0.25, 0.3) is 6.08 Å². The van der Waals surface area contributed by atoms with Crippen LogP contribution in [0.3, 0.4) is 0 Å². The van der Waals surface area contributed by atoms with Crippen LogP contribution in [-0.2, 0) is 9.84 Å². The second-order valence-electron chi connectivity index (χ2n) is 7.93. The van der Waals surface area contributed by atoms with E-state index in [0.29, 0.717) is 23.4 Å². The molecular weight excluding hydrogens is 350 g/mol. The van der Waals surface area contributed by atoms with Crippen molar-refractivity contribution in [2.75, 3.05) is 16.8 Å². The number of aromatic nitrogens is 4. The van der Waals surface area contributed by atoms with Gasteiger partial charge >= 0.3 is 0 Å². The van der Waals surface area contributed by atoms with Gasteiger partial charge in [0.1, 0.15) is 5.82 Å². The Labute approximate surface area is 155 Å². The molecule has 0 saturated heterocycles. The third kappa shape index (κ3) is 5.66. The molecule has 26 heavy (non-hydrogen) atoms. The maximum atomic E-state index is 12.1. The van der Waals surface area contributed by atoms with Gasteiger partial charge in [0.2, 0.25) is 0 Å². The highest BCUT2D eigenvalue weighted by atomic mass is 32.2. The number of hydrogen-bond acceptors (Lipinski definition) is 6. The molecule has 2 N–H and O–H groups in total. The lowest BCUT2D eigenvalue weighted by Gasteiger charge is -2.16. The summed E-state index contributed by atoms with van der Waals surface area (Å²) >= 11 is 0. The molecule has 0 bridgehead atoms. The van der Waals surface area contributed by atoms with Gasteiger partial charge in [0.05, 0.1) is 11.5 Å². The van der Waals surface area contributed by atoms with Crippen LogP contribution in [0, 0.1) is 5.41 Å². The van der Waals surface area contributed by atoms with Gasteiger partial charge in [-0.2, -0.15) is 5.10 Å². The molecule has 2 aromatic heterocycles. The molecule has 2 heterocycles. The van der Waals surface area contributed by atoms with Crippen molar-refractivity contribution in [1.29, 1.82) is 0 Å². The summed E-state index contributed by atoms with van der Waals surface area (Å²) < 4.78 is 24.2. The molecule has 0 unspecified atom stereocenters. The SMILES string of the molecule is CC(C)(C)CS(=O)(=O)C/C=C/c1nccc(Nc2cc(C3CC3)[nH]n2)n1.[HH]. The number of H-pyrrole nitrogens is 1. The van der Waals surface area contributed by atoms with Crippen LogP contribution >= 0.6 is 0 Å². The predicted octanol–water partition coefficient (Wildman–Crippen LogP) is 3.54. The highest BCUT2D eigenvalue weighted by Crippen LogP contribution is 2.39. The second kappa shape index (κ2) is 7.19. The summed E-state index contributed by atoms with van der Waals surface area (Å²) in [6, 6.07) is 3.74. The third-order valence-electron chi connectivity index (χ3n) is 3.82. The van der Waals surface area contributed by atoms with Crippen LogP contribution in [0.15, 0.2) is 24.4 Å². The average Bonchev–Trinajstić information content (AvgIpc) is 3.26. The first-order valence-electron chi connectivity index (χ1n) is 8.73. The Balaban J connectivity index is 0.00000261. The molecule has 1 aliphatic carbocycles. The van der Waals surface area contributed by atoms with Gasteiger partial charge in [0.15, 0.2) is 21.5 Å². The summed E-state index contributed by atoms with van der Waals surface area (Å²) in [7, 11) is -3.14. The number of anilines is 2. The highest BCUT2D eigenvalue weighted by Gasteiger charge is 2.25. The number of hydrogen-bond donors (Lipinski definition) is 2. The molecule has 0 radical (unpaired) electrons. The van der Waals surface area contributed by atoms with Gasteiger partial charge in [-0.1, -0.05) is 26.8 Å². The van der Waals surface area contributed by atoms with Crippen LogP contribution in [0.2, 0.25) is 0 Å². The van der Waals surface area contributed by atoms with Crippen molar-refractivity contribution in [3.8, 4) is 0 Å². The van der Waals surface area contributed by atoms with Crippen LogP contribution < -0.4 is 5.32 Å². The highest BCUT2D eigenvalue weighted by molar-refractivity contribution is 7.91. The summed E-state index contributed by atoms with van der Waals surface area (Å²) in [5.74, 6) is 2.53. The first kappa shape index (κ1) is 18.6. The first-order valence-corrected chi connectivity index (χ1v) is 10.5. The smallest absolute Gasteiger partial charge is 0.154 e. The standard InChI is InChI=1S/C18H25N5O2S.H2/c1-18(2,3)12-26(24,25)10-4-5-15-19-9-8-16(20-15)21-17-11-14(22-23-17)13-6-7-13;/h4-5,8-9,11,13H,6-7,10,12H2,1-3H3,(H2,19,20,21,22,23);1H/b5-4+;. The van der Waals surface area contributed by atoms with E-state index in [1.165, 1.54) is 12.8 Å². The molecule has 0 aromatic carbocycles. The van der Waals surface area contributed by atoms with Gasteiger partial charge < -0.3 is 5.32 Å². The van der Waals surface area contributed by atoms with Gasteiger partial charge in [-0.25, -0.2) is 18.4 Å². The fraction of sp³-hybridized carbons (Fsp3) is 0.500. The molecule has 7 nitrogen and oxygen atoms in total. The van der Waals surface area contributed by atoms with E-state index in [1.807, 2.05) is 26.8 Å². The summed E-state index contributed by atoms with van der Waals surface area (Å²) in [6.45, 7) is 5.74. The minimum absolute atomic E-state index is 0. The van der Waals surface area contributed by atoms with Crippen molar-refractivity contribution < 1.29 is 9.84 Å². The number of nitrogens with one attached hydrogen (secondary N) is 2. The lowest BCUT2D eigenvalue weighted by atomic mass is 10.0. The predicted molar refractivity (Wildman–Crippen MR) is 105 cm³/mol. The zero-order valence-electron chi connectivity index (χ0n) is 15.4. The zero-order chi connectivity index (χ0) is 18.8. The topological polar surface area (TPSA) is 101 Å². The van der Waals surface area contributed by atoms with Crippen LogP contribution in [0.1, 0.15) is 52.5 Å². The van der Waals surface area contributed by atoms with Crippen LogP contribution in [-0.4, -0.2) is 40.1 Å². The molecule has 1 fully saturated rings. The quantitative estimate of drug-likeness (QED) is 0.765. The maximum Gasteiger partial charge on any atom is 0.154 e. The van der Waals surface area contributed by atoms with Gasteiger partial charge in [0.25, 0.3) is 0 Å². The monoisotopic (exact) mass is 377 g/mol. The third-order valence-corrected chi connectivity index (χ3v) is 5.82. The van der Waals surface area contributed by atoms with Crippen molar-refractivity contribution in [3.05, 3.63) is 35.9 Å². The summed E-state index contributed by atoms with van der Waals surface area (Å²) in [5, 5.41) is 10.4. The molecule has 2 aromatic rings. The van der Waals surface area contributed by atoms with Crippen molar-refractivity contribution in [2.45, 2.75) is 39.5 Å². The second-order valence-corrected chi connectivity index (χ2v) is 10.0. The Hall–Kier alpha value is -2.22. The molecule has 0 spiro atoms. The molecule has 1 saturated carbocycles. The normalized spacial score (nSPS) is 15.5. The van der Waals surface area contributed by atoms with Crippen molar-refractivity contribution >= 4 is 27.5 Å². The Morgan fingerprint density at radius 1 is 1.35 bits per heavy atom. The molecule has 8 heteroatoms. The van der Waals surface area contributed by atoms with E-state index < -0.39 is 9.84 Å². The number of nitrogens with zero attached hydrogens (tertiary/aromatic N) is 3. The van der Waals surface area contributed by atoms with E-state index in [2.05, 4.69) is 25.5 Å². The maximum absolute atomic E-state index is 12.1. The van der Waals surface area contributed by atoms with E-state index in [9.17, 15) is 8.42 Å². The summed E-state index contributed by atoms with van der Waals surface area (Å²) in [5.41, 5.74) is 0.890. The lowest BCUT2D eigenvalue weighted by molar-refractivity contribution is 0.462. The van der Waals surface area contributed by atoms with Crippen LogP contribution in [0.4, 0.5) is 11.6 Å².